The zero-order valence-corrected chi connectivity index (χ0v) is 10.2. The molecule has 0 aromatic heterocycles. The number of amides is 1. The number of rotatable bonds is 2. The fourth-order valence-electron chi connectivity index (χ4n) is 1.82. The van der Waals surface area contributed by atoms with E-state index in [9.17, 15) is 9.18 Å². The van der Waals surface area contributed by atoms with Crippen LogP contribution in [0.3, 0.4) is 0 Å². The van der Waals surface area contributed by atoms with Gasteiger partial charge in [-0.25, -0.2) is 4.39 Å². The van der Waals surface area contributed by atoms with E-state index in [0.717, 1.165) is 25.0 Å². The van der Waals surface area contributed by atoms with Crippen LogP contribution >= 0.6 is 11.8 Å². The van der Waals surface area contributed by atoms with Crippen molar-refractivity contribution < 1.29 is 9.18 Å². The number of carbonyl (C=O) groups is 1. The number of para-hydroxylation sites is 1. The lowest BCUT2D eigenvalue weighted by Gasteiger charge is -2.21. The van der Waals surface area contributed by atoms with Gasteiger partial charge in [0.1, 0.15) is 11.5 Å². The molecule has 3 N–H and O–H groups in total. The topological polar surface area (TPSA) is 55.1 Å². The molecule has 1 aromatic carbocycles. The molecule has 2 rings (SSSR count). The molecule has 1 aliphatic rings. The van der Waals surface area contributed by atoms with E-state index in [-0.39, 0.29) is 22.5 Å². The summed E-state index contributed by atoms with van der Waals surface area (Å²) in [5.41, 5.74) is 6.00. The zero-order chi connectivity index (χ0) is 12.3. The number of thioether (sulfide) groups is 1. The Kier molecular flexibility index (Phi) is 3.89. The zero-order valence-electron chi connectivity index (χ0n) is 9.41. The highest BCUT2D eigenvalue weighted by molar-refractivity contribution is 8.00. The van der Waals surface area contributed by atoms with Crippen LogP contribution in [-0.4, -0.2) is 16.9 Å². The van der Waals surface area contributed by atoms with Crippen molar-refractivity contribution in [3.8, 4) is 0 Å². The lowest BCUT2D eigenvalue weighted by Crippen LogP contribution is -2.28. The molecular formula is C12H15FN2OS. The van der Waals surface area contributed by atoms with Gasteiger partial charge in [-0.3, -0.25) is 4.79 Å². The summed E-state index contributed by atoms with van der Waals surface area (Å²) in [6, 6.07) is 4.39. The van der Waals surface area contributed by atoms with Gasteiger partial charge in [-0.1, -0.05) is 12.5 Å². The van der Waals surface area contributed by atoms with Crippen LogP contribution in [0.25, 0.3) is 0 Å². The fraction of sp³-hybridized carbons (Fsp3) is 0.417. The minimum absolute atomic E-state index is 0.0808. The molecule has 0 bridgehead atoms. The third-order valence-electron chi connectivity index (χ3n) is 2.77. The average Bonchev–Trinajstić information content (AvgIpc) is 2.35. The van der Waals surface area contributed by atoms with Crippen LogP contribution in [0, 0.1) is 5.82 Å². The highest BCUT2D eigenvalue weighted by Gasteiger charge is 2.23. The lowest BCUT2D eigenvalue weighted by molar-refractivity contribution is -0.115. The molecule has 1 saturated heterocycles. The minimum Gasteiger partial charge on any atom is -0.397 e. The first-order valence-electron chi connectivity index (χ1n) is 5.65. The highest BCUT2D eigenvalue weighted by Crippen LogP contribution is 2.28. The quantitative estimate of drug-likeness (QED) is 0.798. The molecule has 1 heterocycles. The van der Waals surface area contributed by atoms with E-state index in [1.165, 1.54) is 12.1 Å². The van der Waals surface area contributed by atoms with Gasteiger partial charge < -0.3 is 11.1 Å². The molecule has 1 aliphatic heterocycles. The Hall–Kier alpha value is -1.23. The Morgan fingerprint density at radius 1 is 1.47 bits per heavy atom. The van der Waals surface area contributed by atoms with Gasteiger partial charge in [0.2, 0.25) is 5.91 Å². The maximum absolute atomic E-state index is 13.5. The van der Waals surface area contributed by atoms with E-state index < -0.39 is 5.82 Å². The number of anilines is 2. The van der Waals surface area contributed by atoms with Gasteiger partial charge in [-0.2, -0.15) is 0 Å². The summed E-state index contributed by atoms with van der Waals surface area (Å²) in [6.45, 7) is 0. The Balaban J connectivity index is 2.07. The van der Waals surface area contributed by atoms with Crippen LogP contribution in [0.5, 0.6) is 0 Å². The Bertz CT molecular complexity index is 399. The van der Waals surface area contributed by atoms with Gasteiger partial charge in [0.25, 0.3) is 0 Å². The maximum atomic E-state index is 13.5. The van der Waals surface area contributed by atoms with Crippen molar-refractivity contribution in [1.82, 2.24) is 0 Å². The van der Waals surface area contributed by atoms with E-state index in [1.807, 2.05) is 0 Å². The molecule has 0 aliphatic carbocycles. The molecule has 1 fully saturated rings. The third-order valence-corrected chi connectivity index (χ3v) is 4.14. The van der Waals surface area contributed by atoms with E-state index in [2.05, 4.69) is 5.32 Å². The van der Waals surface area contributed by atoms with E-state index in [1.54, 1.807) is 17.8 Å². The molecule has 1 unspecified atom stereocenters. The SMILES string of the molecule is Nc1cccc(F)c1NC(=O)C1CCCCS1. The van der Waals surface area contributed by atoms with Crippen molar-refractivity contribution in [2.75, 3.05) is 16.8 Å². The van der Waals surface area contributed by atoms with Crippen molar-refractivity contribution in [3.63, 3.8) is 0 Å². The second kappa shape index (κ2) is 5.40. The monoisotopic (exact) mass is 254 g/mol. The maximum Gasteiger partial charge on any atom is 0.237 e. The number of nitrogens with one attached hydrogen (secondary N) is 1. The Morgan fingerprint density at radius 2 is 2.29 bits per heavy atom. The number of halogens is 1. The second-order valence-electron chi connectivity index (χ2n) is 4.05. The van der Waals surface area contributed by atoms with Gasteiger partial charge in [0.05, 0.1) is 10.9 Å². The summed E-state index contributed by atoms with van der Waals surface area (Å²) >= 11 is 1.63. The van der Waals surface area contributed by atoms with Gasteiger partial charge >= 0.3 is 0 Å². The van der Waals surface area contributed by atoms with Gasteiger partial charge in [-0.15, -0.1) is 11.8 Å². The summed E-state index contributed by atoms with van der Waals surface area (Å²) in [7, 11) is 0. The Morgan fingerprint density at radius 3 is 2.94 bits per heavy atom. The molecule has 1 aromatic rings. The van der Waals surface area contributed by atoms with Gasteiger partial charge in [-0.05, 0) is 30.7 Å². The number of nitrogen functional groups attached to an aromatic ring is 1. The summed E-state index contributed by atoms with van der Waals surface area (Å²) in [5, 5.41) is 2.51. The largest absolute Gasteiger partial charge is 0.397 e. The van der Waals surface area contributed by atoms with Crippen LogP contribution < -0.4 is 11.1 Å². The van der Waals surface area contributed by atoms with Crippen molar-refractivity contribution in [3.05, 3.63) is 24.0 Å². The first kappa shape index (κ1) is 12.2. The van der Waals surface area contributed by atoms with Gasteiger partial charge in [0, 0.05) is 0 Å². The summed E-state index contributed by atoms with van der Waals surface area (Å²) in [4.78, 5) is 11.9. The minimum atomic E-state index is -0.487. The first-order chi connectivity index (χ1) is 8.18. The molecule has 5 heteroatoms. The van der Waals surface area contributed by atoms with Crippen molar-refractivity contribution in [1.29, 1.82) is 0 Å². The van der Waals surface area contributed by atoms with Crippen molar-refractivity contribution in [2.24, 2.45) is 0 Å². The molecule has 3 nitrogen and oxygen atoms in total. The molecule has 17 heavy (non-hydrogen) atoms. The predicted octanol–water partition coefficient (Wildman–Crippen LogP) is 2.63. The third kappa shape index (κ3) is 2.91. The van der Waals surface area contributed by atoms with Crippen molar-refractivity contribution >= 4 is 29.0 Å². The van der Waals surface area contributed by atoms with Crippen molar-refractivity contribution in [2.45, 2.75) is 24.5 Å². The molecule has 0 saturated carbocycles. The standard InChI is InChI=1S/C12H15FN2OS/c13-8-4-3-5-9(14)11(8)15-12(16)10-6-1-2-7-17-10/h3-5,10H,1-2,6-7,14H2,(H,15,16). The lowest BCUT2D eigenvalue weighted by atomic mass is 10.1. The van der Waals surface area contributed by atoms with Crippen LogP contribution in [0.15, 0.2) is 18.2 Å². The molecule has 1 amide bonds. The van der Waals surface area contributed by atoms with Crippen LogP contribution in [0.1, 0.15) is 19.3 Å². The summed E-state index contributed by atoms with van der Waals surface area (Å²) in [6.07, 6.45) is 3.05. The first-order valence-corrected chi connectivity index (χ1v) is 6.70. The van der Waals surface area contributed by atoms with E-state index in [4.69, 9.17) is 5.73 Å². The molecular weight excluding hydrogens is 239 g/mol. The smallest absolute Gasteiger partial charge is 0.237 e. The normalized spacial score (nSPS) is 19.9. The molecule has 1 atom stereocenters. The predicted molar refractivity (Wildman–Crippen MR) is 69.5 cm³/mol. The number of hydrogen-bond donors (Lipinski definition) is 2. The van der Waals surface area contributed by atoms with E-state index >= 15 is 0 Å². The van der Waals surface area contributed by atoms with Crippen LogP contribution in [-0.2, 0) is 4.79 Å². The summed E-state index contributed by atoms with van der Waals surface area (Å²) in [5.74, 6) is 0.357. The van der Waals surface area contributed by atoms with Crippen LogP contribution in [0.2, 0.25) is 0 Å². The number of benzene rings is 1. The molecule has 0 radical (unpaired) electrons. The van der Waals surface area contributed by atoms with Crippen LogP contribution in [0.4, 0.5) is 15.8 Å². The van der Waals surface area contributed by atoms with E-state index in [0.29, 0.717) is 0 Å². The number of carbonyl (C=O) groups excluding carboxylic acids is 1. The average molecular weight is 254 g/mol. The Labute approximate surface area is 104 Å². The number of hydrogen-bond acceptors (Lipinski definition) is 3. The van der Waals surface area contributed by atoms with Gasteiger partial charge in [0.15, 0.2) is 0 Å². The number of nitrogens with two attached hydrogens (primary N) is 1. The molecule has 92 valence electrons. The summed E-state index contributed by atoms with van der Waals surface area (Å²) < 4.78 is 13.5. The molecule has 0 spiro atoms. The second-order valence-corrected chi connectivity index (χ2v) is 5.36. The highest BCUT2D eigenvalue weighted by atomic mass is 32.2. The fourth-order valence-corrected chi connectivity index (χ4v) is 3.02.